The predicted octanol–water partition coefficient (Wildman–Crippen LogP) is 19.2. The average molecular weight is 938 g/mol. The zero-order chi connectivity index (χ0) is 48.6. The van der Waals surface area contributed by atoms with Crippen LogP contribution in [-0.4, -0.2) is 37.2 Å². The largest absolute Gasteiger partial charge is 0.462 e. The minimum absolute atomic E-state index is 0.0902. The van der Waals surface area contributed by atoms with Crippen molar-refractivity contribution in [3.8, 4) is 0 Å². The van der Waals surface area contributed by atoms with Gasteiger partial charge in [0.2, 0.25) is 0 Å². The highest BCUT2D eigenvalue weighted by atomic mass is 16.6. The molecule has 0 heterocycles. The molecule has 1 atom stereocenters. The lowest BCUT2D eigenvalue weighted by atomic mass is 10.0. The quantitative estimate of drug-likeness (QED) is 0.0262. The molecule has 0 saturated heterocycles. The molecule has 0 amide bonds. The molecule has 6 heteroatoms. The van der Waals surface area contributed by atoms with Crippen molar-refractivity contribution >= 4 is 17.9 Å². The molecule has 0 aromatic rings. The summed E-state index contributed by atoms with van der Waals surface area (Å²) in [6, 6.07) is 0. The van der Waals surface area contributed by atoms with Crippen molar-refractivity contribution in [3.63, 3.8) is 0 Å². The van der Waals surface area contributed by atoms with Crippen LogP contribution in [0.25, 0.3) is 0 Å². The Morgan fingerprint density at radius 3 is 0.940 bits per heavy atom. The van der Waals surface area contributed by atoms with Crippen molar-refractivity contribution in [1.29, 1.82) is 0 Å². The van der Waals surface area contributed by atoms with Crippen LogP contribution in [0, 0.1) is 0 Å². The molecular formula is C61H108O6. The van der Waals surface area contributed by atoms with Crippen molar-refractivity contribution in [3.05, 3.63) is 60.8 Å². The van der Waals surface area contributed by atoms with Crippen LogP contribution in [0.5, 0.6) is 0 Å². The normalized spacial score (nSPS) is 12.5. The first-order chi connectivity index (χ1) is 33.0. The number of rotatable bonds is 52. The number of carbonyl (C=O) groups excluding carboxylic acids is 3. The van der Waals surface area contributed by atoms with E-state index in [1.54, 1.807) is 0 Å². The summed E-state index contributed by atoms with van der Waals surface area (Å²) in [5.41, 5.74) is 0. The second-order valence-electron chi connectivity index (χ2n) is 19.2. The molecule has 0 aromatic heterocycles. The van der Waals surface area contributed by atoms with Crippen LogP contribution in [0.2, 0.25) is 0 Å². The van der Waals surface area contributed by atoms with E-state index in [-0.39, 0.29) is 37.5 Å². The van der Waals surface area contributed by atoms with Gasteiger partial charge in [-0.3, -0.25) is 14.4 Å². The molecule has 0 N–H and O–H groups in total. The highest BCUT2D eigenvalue weighted by Crippen LogP contribution is 2.16. The van der Waals surface area contributed by atoms with Gasteiger partial charge in [-0.25, -0.2) is 0 Å². The van der Waals surface area contributed by atoms with Crippen LogP contribution in [-0.2, 0) is 28.6 Å². The topological polar surface area (TPSA) is 78.9 Å². The van der Waals surface area contributed by atoms with Crippen molar-refractivity contribution in [2.75, 3.05) is 13.2 Å². The Hall–Kier alpha value is -2.89. The lowest BCUT2D eigenvalue weighted by molar-refractivity contribution is -0.167. The molecule has 0 spiro atoms. The minimum Gasteiger partial charge on any atom is -0.462 e. The van der Waals surface area contributed by atoms with E-state index >= 15 is 0 Å². The number of carbonyl (C=O) groups is 3. The van der Waals surface area contributed by atoms with Crippen LogP contribution in [0.3, 0.4) is 0 Å². The Labute approximate surface area is 415 Å². The fourth-order valence-electron chi connectivity index (χ4n) is 8.14. The van der Waals surface area contributed by atoms with Gasteiger partial charge in [0, 0.05) is 19.3 Å². The summed E-state index contributed by atoms with van der Waals surface area (Å²) in [4.78, 5) is 38.1. The number of allylic oxidation sites excluding steroid dienone is 10. The van der Waals surface area contributed by atoms with Gasteiger partial charge in [-0.15, -0.1) is 0 Å². The molecule has 0 saturated carbocycles. The van der Waals surface area contributed by atoms with E-state index in [1.165, 1.54) is 180 Å². The summed E-state index contributed by atoms with van der Waals surface area (Å²) in [7, 11) is 0. The Morgan fingerprint density at radius 1 is 0.299 bits per heavy atom. The molecule has 6 nitrogen and oxygen atoms in total. The summed E-state index contributed by atoms with van der Waals surface area (Å²) in [6.07, 6.45) is 69.2. The molecule has 0 fully saturated rings. The van der Waals surface area contributed by atoms with Gasteiger partial charge in [0.25, 0.3) is 0 Å². The predicted molar refractivity (Wildman–Crippen MR) is 288 cm³/mol. The molecule has 0 aliphatic heterocycles. The van der Waals surface area contributed by atoms with Gasteiger partial charge in [0.05, 0.1) is 0 Å². The standard InChI is InChI=1S/C61H108O6/c1-4-7-10-13-16-19-22-25-28-30-33-36-39-42-45-48-51-54-60(63)66-57-58(56-65-59(62)53-50-47-44-41-38-35-32-27-24-21-18-15-12-9-6-3)67-61(64)55-52-49-46-43-40-37-34-31-29-26-23-20-17-14-11-8-5-2/h16,19,25-26,28-29,33,36,42,45,58H,4-15,17-18,20-24,27,30-32,34-35,37-41,43-44,46-57H2,1-3H3/b19-16+,28-25+,29-26+,36-33+,45-42+/t58-/m1/s1. The fourth-order valence-corrected chi connectivity index (χ4v) is 8.14. The number of unbranched alkanes of at least 4 members (excludes halogenated alkanes) is 31. The summed E-state index contributed by atoms with van der Waals surface area (Å²) in [6.45, 7) is 6.59. The third kappa shape index (κ3) is 53.9. The van der Waals surface area contributed by atoms with Gasteiger partial charge in [-0.1, -0.05) is 248 Å². The molecule has 0 radical (unpaired) electrons. The third-order valence-electron chi connectivity index (χ3n) is 12.5. The number of hydrogen-bond acceptors (Lipinski definition) is 6. The van der Waals surface area contributed by atoms with Crippen molar-refractivity contribution in [1.82, 2.24) is 0 Å². The van der Waals surface area contributed by atoms with Crippen molar-refractivity contribution in [2.45, 2.75) is 297 Å². The van der Waals surface area contributed by atoms with E-state index in [2.05, 4.69) is 81.5 Å². The highest BCUT2D eigenvalue weighted by Gasteiger charge is 2.19. The minimum atomic E-state index is -0.796. The molecule has 0 aliphatic carbocycles. The maximum absolute atomic E-state index is 12.9. The van der Waals surface area contributed by atoms with Gasteiger partial charge in [-0.2, -0.15) is 0 Å². The zero-order valence-electron chi connectivity index (χ0n) is 44.4. The van der Waals surface area contributed by atoms with Gasteiger partial charge in [0.15, 0.2) is 6.10 Å². The number of ether oxygens (including phenoxy) is 3. The summed E-state index contributed by atoms with van der Waals surface area (Å²) < 4.78 is 16.8. The Kier molecular flexibility index (Phi) is 53.3. The number of hydrogen-bond donors (Lipinski definition) is 0. The van der Waals surface area contributed by atoms with Gasteiger partial charge >= 0.3 is 17.9 Å². The second kappa shape index (κ2) is 55.7. The van der Waals surface area contributed by atoms with Gasteiger partial charge in [-0.05, 0) is 83.5 Å². The lowest BCUT2D eigenvalue weighted by Gasteiger charge is -2.18. The number of esters is 3. The summed E-state index contributed by atoms with van der Waals surface area (Å²) in [5, 5.41) is 0. The van der Waals surface area contributed by atoms with Crippen molar-refractivity contribution in [2.24, 2.45) is 0 Å². The van der Waals surface area contributed by atoms with Crippen LogP contribution in [0.15, 0.2) is 60.8 Å². The fraction of sp³-hybridized carbons (Fsp3) is 0.787. The Bertz CT molecular complexity index is 1210. The van der Waals surface area contributed by atoms with E-state index < -0.39 is 6.10 Å². The molecule has 0 aliphatic rings. The van der Waals surface area contributed by atoms with Crippen LogP contribution in [0.4, 0.5) is 0 Å². The third-order valence-corrected chi connectivity index (χ3v) is 12.5. The first-order valence-corrected chi connectivity index (χ1v) is 28.8. The first kappa shape index (κ1) is 64.1. The van der Waals surface area contributed by atoms with Crippen LogP contribution in [0.1, 0.15) is 290 Å². The maximum atomic E-state index is 12.9. The molecule has 0 bridgehead atoms. The summed E-state index contributed by atoms with van der Waals surface area (Å²) in [5.74, 6) is -0.941. The molecule has 0 rings (SSSR count). The maximum Gasteiger partial charge on any atom is 0.306 e. The van der Waals surface area contributed by atoms with E-state index in [0.717, 1.165) is 64.2 Å². The first-order valence-electron chi connectivity index (χ1n) is 28.8. The summed E-state index contributed by atoms with van der Waals surface area (Å²) >= 11 is 0. The van der Waals surface area contributed by atoms with E-state index in [9.17, 15) is 14.4 Å². The van der Waals surface area contributed by atoms with E-state index in [0.29, 0.717) is 19.3 Å². The van der Waals surface area contributed by atoms with Crippen molar-refractivity contribution < 1.29 is 28.6 Å². The molecule has 0 aromatic carbocycles. The van der Waals surface area contributed by atoms with E-state index in [1.807, 2.05) is 0 Å². The lowest BCUT2D eigenvalue weighted by Crippen LogP contribution is -2.30. The molecular weight excluding hydrogens is 829 g/mol. The molecule has 67 heavy (non-hydrogen) atoms. The SMILES string of the molecule is CCCCC/C=C/C/C=C/C/C=C/C/C=C/CCCC(=O)OC[C@@H](COC(=O)CCCCCCCCCCCCCCCCC)OC(=O)CCCCCCCCC/C=C/CCCCCCCC. The molecule has 0 unspecified atom stereocenters. The Morgan fingerprint density at radius 2 is 0.552 bits per heavy atom. The van der Waals surface area contributed by atoms with E-state index in [4.69, 9.17) is 14.2 Å². The Balaban J connectivity index is 4.45. The molecule has 388 valence electrons. The zero-order valence-corrected chi connectivity index (χ0v) is 44.4. The van der Waals surface area contributed by atoms with Crippen LogP contribution < -0.4 is 0 Å². The highest BCUT2D eigenvalue weighted by molar-refractivity contribution is 5.71. The monoisotopic (exact) mass is 937 g/mol. The second-order valence-corrected chi connectivity index (χ2v) is 19.2. The van der Waals surface area contributed by atoms with Crippen LogP contribution >= 0.6 is 0 Å². The van der Waals surface area contributed by atoms with Gasteiger partial charge < -0.3 is 14.2 Å². The average Bonchev–Trinajstić information content (AvgIpc) is 3.33. The van der Waals surface area contributed by atoms with Gasteiger partial charge in [0.1, 0.15) is 13.2 Å². The smallest absolute Gasteiger partial charge is 0.306 e.